The second-order valence-corrected chi connectivity index (χ2v) is 7.61. The Bertz CT molecular complexity index is 837. The fraction of sp³-hybridized carbons (Fsp3) is 0.444. The summed E-state index contributed by atoms with van der Waals surface area (Å²) in [5, 5.41) is 10.5. The molecule has 1 aliphatic rings. The Morgan fingerprint density at radius 2 is 2.14 bits per heavy atom. The third-order valence-corrected chi connectivity index (χ3v) is 5.37. The standard InChI is InChI=1S/C18H21FN4O4S/c1-11(16(24)20-18(25)26-2)28-17-22-21-15(12-5-7-13(19)8-6-12)23(17)10-14-4-3-9-27-14/h5-8,11,14H,3-4,9-10H2,1-2H3,(H,20,24,25)/t11-,14-/m0/s1. The summed E-state index contributed by atoms with van der Waals surface area (Å²) in [6.45, 7) is 2.89. The van der Waals surface area contributed by atoms with Gasteiger partial charge in [-0.3, -0.25) is 14.7 Å². The molecule has 1 aliphatic heterocycles. The lowest BCUT2D eigenvalue weighted by molar-refractivity contribution is -0.119. The molecular formula is C18H21FN4O4S. The van der Waals surface area contributed by atoms with Crippen LogP contribution in [0.5, 0.6) is 0 Å². The third-order valence-electron chi connectivity index (χ3n) is 4.29. The minimum absolute atomic E-state index is 0.0220. The van der Waals surface area contributed by atoms with E-state index in [4.69, 9.17) is 4.74 Å². The molecule has 0 radical (unpaired) electrons. The summed E-state index contributed by atoms with van der Waals surface area (Å²) in [7, 11) is 1.19. The zero-order chi connectivity index (χ0) is 20.1. The monoisotopic (exact) mass is 408 g/mol. The number of nitrogens with zero attached hydrogens (tertiary/aromatic N) is 3. The van der Waals surface area contributed by atoms with Crippen LogP contribution in [0.2, 0.25) is 0 Å². The van der Waals surface area contributed by atoms with Gasteiger partial charge in [-0.2, -0.15) is 0 Å². The zero-order valence-electron chi connectivity index (χ0n) is 15.6. The van der Waals surface area contributed by atoms with Crippen molar-refractivity contribution >= 4 is 23.8 Å². The molecule has 1 saturated heterocycles. The lowest BCUT2D eigenvalue weighted by Crippen LogP contribution is -2.36. The van der Waals surface area contributed by atoms with Crippen LogP contribution >= 0.6 is 11.8 Å². The molecule has 28 heavy (non-hydrogen) atoms. The molecule has 2 aromatic rings. The van der Waals surface area contributed by atoms with Gasteiger partial charge in [0.05, 0.1) is 25.0 Å². The first-order valence-corrected chi connectivity index (χ1v) is 9.72. The van der Waals surface area contributed by atoms with Gasteiger partial charge in [-0.15, -0.1) is 10.2 Å². The number of methoxy groups -OCH3 is 1. The minimum Gasteiger partial charge on any atom is -0.453 e. The first-order valence-electron chi connectivity index (χ1n) is 8.84. The van der Waals surface area contributed by atoms with Crippen molar-refractivity contribution in [3.63, 3.8) is 0 Å². The van der Waals surface area contributed by atoms with Gasteiger partial charge in [-0.25, -0.2) is 9.18 Å². The van der Waals surface area contributed by atoms with Gasteiger partial charge in [-0.1, -0.05) is 11.8 Å². The number of carbonyl (C=O) groups is 2. The molecule has 2 amide bonds. The van der Waals surface area contributed by atoms with Crippen molar-refractivity contribution in [2.45, 2.75) is 42.8 Å². The van der Waals surface area contributed by atoms with E-state index in [1.54, 1.807) is 19.1 Å². The van der Waals surface area contributed by atoms with E-state index in [9.17, 15) is 14.0 Å². The number of thioether (sulfide) groups is 1. The Labute approximate surface area is 165 Å². The van der Waals surface area contributed by atoms with Gasteiger partial charge in [0, 0.05) is 12.2 Å². The van der Waals surface area contributed by atoms with Crippen LogP contribution in [0.3, 0.4) is 0 Å². The molecule has 2 heterocycles. The SMILES string of the molecule is COC(=O)NC(=O)[C@H](C)Sc1nnc(-c2ccc(F)cc2)n1C[C@@H]1CCCO1. The third kappa shape index (κ3) is 4.87. The molecule has 150 valence electrons. The second-order valence-electron chi connectivity index (χ2n) is 6.30. The van der Waals surface area contributed by atoms with Crippen molar-refractivity contribution in [1.82, 2.24) is 20.1 Å². The average molecular weight is 408 g/mol. The number of aromatic nitrogens is 3. The number of nitrogens with one attached hydrogen (secondary N) is 1. The van der Waals surface area contributed by atoms with Crippen molar-refractivity contribution in [3.8, 4) is 11.4 Å². The molecule has 0 saturated carbocycles. The van der Waals surface area contributed by atoms with Crippen molar-refractivity contribution in [2.24, 2.45) is 0 Å². The molecule has 3 rings (SSSR count). The number of hydrogen-bond acceptors (Lipinski definition) is 7. The lowest BCUT2D eigenvalue weighted by atomic mass is 10.2. The molecule has 8 nitrogen and oxygen atoms in total. The van der Waals surface area contributed by atoms with Crippen LogP contribution in [-0.4, -0.2) is 51.8 Å². The van der Waals surface area contributed by atoms with Crippen LogP contribution in [-0.2, 0) is 20.8 Å². The van der Waals surface area contributed by atoms with Gasteiger partial charge in [-0.05, 0) is 44.0 Å². The number of benzene rings is 1. The molecule has 10 heteroatoms. The van der Waals surface area contributed by atoms with E-state index >= 15 is 0 Å². The van der Waals surface area contributed by atoms with Gasteiger partial charge in [0.15, 0.2) is 11.0 Å². The van der Waals surface area contributed by atoms with Crippen LogP contribution < -0.4 is 5.32 Å². The highest BCUT2D eigenvalue weighted by atomic mass is 32.2. The molecule has 0 unspecified atom stereocenters. The Balaban J connectivity index is 1.84. The molecule has 0 spiro atoms. The largest absolute Gasteiger partial charge is 0.453 e. The number of imide groups is 1. The van der Waals surface area contributed by atoms with Crippen LogP contribution in [0.25, 0.3) is 11.4 Å². The normalized spacial score (nSPS) is 17.3. The zero-order valence-corrected chi connectivity index (χ0v) is 16.4. The Morgan fingerprint density at radius 1 is 1.39 bits per heavy atom. The van der Waals surface area contributed by atoms with Gasteiger partial charge in [0.2, 0.25) is 5.91 Å². The first-order chi connectivity index (χ1) is 13.5. The highest BCUT2D eigenvalue weighted by Gasteiger charge is 2.25. The summed E-state index contributed by atoms with van der Waals surface area (Å²) in [6.07, 6.45) is 1.11. The topological polar surface area (TPSA) is 95.3 Å². The summed E-state index contributed by atoms with van der Waals surface area (Å²) in [6, 6.07) is 5.99. The number of carbonyl (C=O) groups excluding carboxylic acids is 2. The molecule has 1 N–H and O–H groups in total. The van der Waals surface area contributed by atoms with Crippen LogP contribution in [0.4, 0.5) is 9.18 Å². The van der Waals surface area contributed by atoms with Crippen molar-refractivity contribution in [1.29, 1.82) is 0 Å². The molecule has 0 aliphatic carbocycles. The predicted molar refractivity (Wildman–Crippen MR) is 100 cm³/mol. The van der Waals surface area contributed by atoms with Crippen LogP contribution in [0, 0.1) is 5.82 Å². The summed E-state index contributed by atoms with van der Waals surface area (Å²) >= 11 is 1.17. The molecule has 1 fully saturated rings. The Kier molecular flexibility index (Phi) is 6.63. The quantitative estimate of drug-likeness (QED) is 0.734. The van der Waals surface area contributed by atoms with E-state index in [0.29, 0.717) is 29.7 Å². The fourth-order valence-electron chi connectivity index (χ4n) is 2.81. The fourth-order valence-corrected chi connectivity index (χ4v) is 3.67. The Hall–Kier alpha value is -2.46. The van der Waals surface area contributed by atoms with Gasteiger partial charge >= 0.3 is 6.09 Å². The van der Waals surface area contributed by atoms with E-state index in [1.807, 2.05) is 4.57 Å². The van der Waals surface area contributed by atoms with Crippen molar-refractivity contribution in [2.75, 3.05) is 13.7 Å². The number of ether oxygens (including phenoxy) is 2. The van der Waals surface area contributed by atoms with Crippen LogP contribution in [0.1, 0.15) is 19.8 Å². The minimum atomic E-state index is -0.815. The van der Waals surface area contributed by atoms with Crippen molar-refractivity contribution in [3.05, 3.63) is 30.1 Å². The van der Waals surface area contributed by atoms with E-state index in [1.165, 1.54) is 31.0 Å². The van der Waals surface area contributed by atoms with E-state index < -0.39 is 17.3 Å². The second kappa shape index (κ2) is 9.16. The van der Waals surface area contributed by atoms with Gasteiger partial charge in [0.1, 0.15) is 5.82 Å². The summed E-state index contributed by atoms with van der Waals surface area (Å²) < 4.78 is 25.3. The maximum absolute atomic E-state index is 13.3. The Morgan fingerprint density at radius 3 is 2.79 bits per heavy atom. The average Bonchev–Trinajstić information content (AvgIpc) is 3.33. The lowest BCUT2D eigenvalue weighted by Gasteiger charge is -2.16. The van der Waals surface area contributed by atoms with Gasteiger partial charge in [0.25, 0.3) is 0 Å². The molecule has 0 bridgehead atoms. The summed E-state index contributed by atoms with van der Waals surface area (Å²) in [5.74, 6) is -0.262. The number of alkyl carbamates (subject to hydrolysis) is 1. The predicted octanol–water partition coefficient (Wildman–Crippen LogP) is 2.63. The maximum atomic E-state index is 13.3. The van der Waals surface area contributed by atoms with Crippen LogP contribution in [0.15, 0.2) is 29.4 Å². The van der Waals surface area contributed by atoms with E-state index in [2.05, 4.69) is 20.3 Å². The molecule has 1 aromatic heterocycles. The number of halogens is 1. The smallest absolute Gasteiger partial charge is 0.413 e. The maximum Gasteiger partial charge on any atom is 0.413 e. The molecule has 1 aromatic carbocycles. The summed E-state index contributed by atoms with van der Waals surface area (Å²) in [4.78, 5) is 23.4. The molecular weight excluding hydrogens is 387 g/mol. The van der Waals surface area contributed by atoms with Gasteiger partial charge < -0.3 is 9.47 Å². The first kappa shape index (κ1) is 20.3. The number of rotatable bonds is 6. The molecule has 2 atom stereocenters. The van der Waals surface area contributed by atoms with E-state index in [0.717, 1.165) is 12.8 Å². The van der Waals surface area contributed by atoms with Crippen molar-refractivity contribution < 1.29 is 23.5 Å². The number of amides is 2. The highest BCUT2D eigenvalue weighted by molar-refractivity contribution is 8.00. The number of hydrogen-bond donors (Lipinski definition) is 1. The van der Waals surface area contributed by atoms with E-state index in [-0.39, 0.29) is 11.9 Å². The summed E-state index contributed by atoms with van der Waals surface area (Å²) in [5.41, 5.74) is 0.713. The highest BCUT2D eigenvalue weighted by Crippen LogP contribution is 2.29.